The Morgan fingerprint density at radius 3 is 2.43 bits per heavy atom. The third-order valence-electron chi connectivity index (χ3n) is 11.5. The fourth-order valence-electron chi connectivity index (χ4n) is 8.11. The molecule has 13 heteroatoms. The van der Waals surface area contributed by atoms with Crippen molar-refractivity contribution < 1.29 is 44.5 Å². The van der Waals surface area contributed by atoms with E-state index < -0.39 is 65.9 Å². The fraction of sp³-hybridized carbons (Fsp3) is 0.750. The van der Waals surface area contributed by atoms with Gasteiger partial charge in [-0.2, -0.15) is 0 Å². The summed E-state index contributed by atoms with van der Waals surface area (Å²) in [4.78, 5) is 22.0. The number of aliphatic hydroxyl groups excluding tert-OH is 3. The number of benzene rings is 1. The van der Waals surface area contributed by atoms with Gasteiger partial charge in [0.05, 0.1) is 35.3 Å². The summed E-state index contributed by atoms with van der Waals surface area (Å²) in [5, 5.41) is 63.0. The van der Waals surface area contributed by atoms with Gasteiger partial charge in [0.2, 0.25) is 0 Å². The maximum atomic E-state index is 13.5. The van der Waals surface area contributed by atoms with Gasteiger partial charge >= 0.3 is 5.97 Å². The molecule has 13 atom stereocenters. The fourth-order valence-corrected chi connectivity index (χ4v) is 8.11. The second kappa shape index (κ2) is 18.4. The smallest absolute Gasteiger partial charge is 0.311 e. The van der Waals surface area contributed by atoms with Crippen molar-refractivity contribution in [2.24, 2.45) is 11.8 Å². The number of hydrogen-bond donors (Lipinski definition) is 6. The molecule has 6 N–H and O–H groups in total. The molecule has 0 bridgehead atoms. The number of aliphatic hydroxyl groups is 5. The maximum Gasteiger partial charge on any atom is 0.311 e. The molecule has 2 saturated heterocycles. The van der Waals surface area contributed by atoms with Crippen molar-refractivity contribution in [1.29, 1.82) is 0 Å². The number of carbonyl (C=O) groups excluding carboxylic acids is 1. The number of aromatic nitrogens is 1. The van der Waals surface area contributed by atoms with Crippen molar-refractivity contribution in [2.45, 2.75) is 147 Å². The SMILES string of the molecule is CC[C@H]1OC(=O)[C@H](C)[C@@H](O)C[C@@H](OC2O[C@H](C)C[C@H](N(C)C)[C@H]2O)[C@](C)(O)C[C@@H](C)CN(CCCNc2ccnc3ccccc23)[C@H](C)[C@@H](O)[C@]1(C)O. The predicted octanol–water partition coefficient (Wildman–Crippen LogP) is 3.15. The summed E-state index contributed by atoms with van der Waals surface area (Å²) in [6.07, 6.45) is -3.63. The molecular weight excluding hydrogens is 680 g/mol. The van der Waals surface area contributed by atoms with Gasteiger partial charge in [-0.05, 0) is 92.4 Å². The van der Waals surface area contributed by atoms with Gasteiger partial charge in [-0.3, -0.25) is 14.7 Å². The number of nitrogens with one attached hydrogen (secondary N) is 1. The molecule has 0 amide bonds. The molecule has 0 radical (unpaired) electrons. The number of pyridine rings is 1. The first-order valence-corrected chi connectivity index (χ1v) is 19.4. The summed E-state index contributed by atoms with van der Waals surface area (Å²) in [5.74, 6) is -1.95. The number of cyclic esters (lactones) is 1. The van der Waals surface area contributed by atoms with Gasteiger partial charge in [-0.15, -0.1) is 0 Å². The van der Waals surface area contributed by atoms with Crippen LogP contribution in [0.4, 0.5) is 5.69 Å². The van der Waals surface area contributed by atoms with E-state index in [4.69, 9.17) is 14.2 Å². The predicted molar refractivity (Wildman–Crippen MR) is 204 cm³/mol. The Labute approximate surface area is 315 Å². The molecule has 1 aromatic carbocycles. The summed E-state index contributed by atoms with van der Waals surface area (Å²) in [5.41, 5.74) is -1.47. The zero-order valence-electron chi connectivity index (χ0n) is 33.2. The molecular formula is C40H66N4O9. The lowest BCUT2D eigenvalue weighted by Gasteiger charge is -2.45. The van der Waals surface area contributed by atoms with Gasteiger partial charge in [0, 0.05) is 55.4 Å². The van der Waals surface area contributed by atoms with E-state index in [0.29, 0.717) is 32.5 Å². The van der Waals surface area contributed by atoms with Crippen LogP contribution in [0, 0.1) is 11.8 Å². The van der Waals surface area contributed by atoms with E-state index in [1.165, 1.54) is 13.8 Å². The van der Waals surface area contributed by atoms with E-state index in [0.717, 1.165) is 16.6 Å². The Kier molecular flexibility index (Phi) is 15.1. The standard InChI is InChI=1S/C40H66N4O9/c1-10-33-40(7,50)36(47)27(5)44(19-13-17-41-30-16-18-42-29-15-12-11-14-28(29)30)23-24(2)22-39(6,49)34(21-32(45)26(4)37(48)52-33)53-38-35(46)31(43(8)9)20-25(3)51-38/h11-12,14-16,18,24-27,31-36,38,45-47,49-50H,10,13,17,19-23H2,1-9H3,(H,41,42)/t24-,25-,26-,27-,31+,32+,33-,34-,35-,36-,38?,39-,40-/m1/s1. The number of nitrogens with zero attached hydrogens (tertiary/aromatic N) is 3. The van der Waals surface area contributed by atoms with Crippen molar-refractivity contribution in [2.75, 3.05) is 39.0 Å². The Hall–Kier alpha value is -2.46. The number of fused-ring (bicyclic) bond motifs is 1. The van der Waals surface area contributed by atoms with Crippen LogP contribution in [-0.4, -0.2) is 146 Å². The second-order valence-corrected chi connectivity index (χ2v) is 16.4. The highest BCUT2D eigenvalue weighted by Crippen LogP contribution is 2.34. The third kappa shape index (κ3) is 10.6. The average molecular weight is 747 g/mol. The van der Waals surface area contributed by atoms with Crippen LogP contribution < -0.4 is 5.32 Å². The van der Waals surface area contributed by atoms with Gasteiger partial charge in [0.15, 0.2) is 6.29 Å². The van der Waals surface area contributed by atoms with E-state index in [1.54, 1.807) is 20.0 Å². The van der Waals surface area contributed by atoms with Crippen LogP contribution in [0.1, 0.15) is 80.6 Å². The zero-order chi connectivity index (χ0) is 39.2. The van der Waals surface area contributed by atoms with Crippen LogP contribution in [0.15, 0.2) is 36.5 Å². The average Bonchev–Trinajstić information content (AvgIpc) is 3.10. The van der Waals surface area contributed by atoms with Crippen molar-refractivity contribution in [3.8, 4) is 0 Å². The van der Waals surface area contributed by atoms with Gasteiger partial charge < -0.3 is 50.0 Å². The molecule has 0 aliphatic carbocycles. The van der Waals surface area contributed by atoms with Crippen molar-refractivity contribution in [3.05, 3.63) is 36.5 Å². The molecule has 2 aliphatic rings. The minimum atomic E-state index is -1.81. The highest BCUT2D eigenvalue weighted by atomic mass is 16.7. The minimum absolute atomic E-state index is 0.144. The maximum absolute atomic E-state index is 13.5. The second-order valence-electron chi connectivity index (χ2n) is 16.4. The first-order chi connectivity index (χ1) is 24.9. The van der Waals surface area contributed by atoms with E-state index in [1.807, 2.05) is 70.1 Å². The molecule has 1 aromatic heterocycles. The number of anilines is 1. The molecule has 2 aromatic rings. The highest BCUT2D eigenvalue weighted by molar-refractivity contribution is 5.90. The molecule has 1 unspecified atom stereocenters. The van der Waals surface area contributed by atoms with Crippen LogP contribution in [0.25, 0.3) is 10.9 Å². The number of para-hydroxylation sites is 1. The molecule has 2 aliphatic heterocycles. The number of hydrogen-bond acceptors (Lipinski definition) is 13. The molecule has 3 heterocycles. The lowest BCUT2D eigenvalue weighted by atomic mass is 9.83. The lowest BCUT2D eigenvalue weighted by molar-refractivity contribution is -0.291. The molecule has 2 fully saturated rings. The Balaban J connectivity index is 1.61. The first-order valence-electron chi connectivity index (χ1n) is 19.4. The Morgan fingerprint density at radius 1 is 1.06 bits per heavy atom. The Morgan fingerprint density at radius 2 is 1.75 bits per heavy atom. The quantitative estimate of drug-likeness (QED) is 0.163. The zero-order valence-corrected chi connectivity index (χ0v) is 33.2. The lowest BCUT2D eigenvalue weighted by Crippen LogP contribution is -2.59. The van der Waals surface area contributed by atoms with E-state index >= 15 is 0 Å². The Bertz CT molecular complexity index is 1460. The van der Waals surface area contributed by atoms with Crippen molar-refractivity contribution >= 4 is 22.6 Å². The summed E-state index contributed by atoms with van der Waals surface area (Å²) in [6.45, 7) is 13.8. The molecule has 0 spiro atoms. The number of esters is 1. The van der Waals surface area contributed by atoms with Gasteiger partial charge in [0.1, 0.15) is 23.9 Å². The molecule has 53 heavy (non-hydrogen) atoms. The van der Waals surface area contributed by atoms with Crippen LogP contribution in [0.3, 0.4) is 0 Å². The normalized spacial score (nSPS) is 38.6. The van der Waals surface area contributed by atoms with Gasteiger partial charge in [0.25, 0.3) is 0 Å². The van der Waals surface area contributed by atoms with Crippen LogP contribution in [0.2, 0.25) is 0 Å². The monoisotopic (exact) mass is 746 g/mol. The first kappa shape index (κ1) is 43.3. The van der Waals surface area contributed by atoms with Crippen LogP contribution >= 0.6 is 0 Å². The topological polar surface area (TPSA) is 177 Å². The summed E-state index contributed by atoms with van der Waals surface area (Å²) < 4.78 is 18.3. The number of ether oxygens (including phenoxy) is 3. The number of carbonyl (C=O) groups is 1. The largest absolute Gasteiger partial charge is 0.459 e. The van der Waals surface area contributed by atoms with Gasteiger partial charge in [-0.25, -0.2) is 0 Å². The third-order valence-corrected chi connectivity index (χ3v) is 11.5. The molecule has 0 saturated carbocycles. The molecule has 4 rings (SSSR count). The minimum Gasteiger partial charge on any atom is -0.459 e. The summed E-state index contributed by atoms with van der Waals surface area (Å²) in [7, 11) is 3.76. The van der Waals surface area contributed by atoms with E-state index in [-0.39, 0.29) is 37.3 Å². The molecule has 13 nitrogen and oxygen atoms in total. The van der Waals surface area contributed by atoms with Gasteiger partial charge in [-0.1, -0.05) is 32.0 Å². The summed E-state index contributed by atoms with van der Waals surface area (Å²) in [6, 6.07) is 9.06. The molecule has 300 valence electrons. The number of rotatable bonds is 9. The van der Waals surface area contributed by atoms with Crippen molar-refractivity contribution in [3.63, 3.8) is 0 Å². The summed E-state index contributed by atoms with van der Waals surface area (Å²) >= 11 is 0. The highest BCUT2D eigenvalue weighted by Gasteiger charge is 2.48. The van der Waals surface area contributed by atoms with Crippen LogP contribution in [-0.2, 0) is 19.0 Å². The van der Waals surface area contributed by atoms with Crippen molar-refractivity contribution in [1.82, 2.24) is 14.8 Å². The van der Waals surface area contributed by atoms with E-state index in [9.17, 15) is 30.3 Å². The number of likely N-dealkylation sites (N-methyl/N-ethyl adjacent to an activating group) is 1. The van der Waals surface area contributed by atoms with Crippen LogP contribution in [0.5, 0.6) is 0 Å². The van der Waals surface area contributed by atoms with E-state index in [2.05, 4.69) is 15.2 Å².